The van der Waals surface area contributed by atoms with Crippen molar-refractivity contribution in [3.63, 3.8) is 0 Å². The molecule has 1 aliphatic carbocycles. The molecule has 0 aromatic heterocycles. The van der Waals surface area contributed by atoms with Crippen LogP contribution in [0.2, 0.25) is 0 Å². The van der Waals surface area contributed by atoms with Crippen molar-refractivity contribution in [3.8, 4) is 0 Å². The van der Waals surface area contributed by atoms with E-state index in [0.29, 0.717) is 6.61 Å². The lowest BCUT2D eigenvalue weighted by Gasteiger charge is -2.20. The maximum Gasteiger partial charge on any atom is 0.241 e. The van der Waals surface area contributed by atoms with Gasteiger partial charge >= 0.3 is 0 Å². The number of nitrogens with one attached hydrogen (secondary N) is 1. The number of carbonyl (C=O) groups is 1. The third kappa shape index (κ3) is 3.42. The maximum atomic E-state index is 12.1. The molecule has 1 N–H and O–H groups in total. The molecular weight excluding hydrogens is 216 g/mol. The van der Waals surface area contributed by atoms with Crippen LogP contribution in [0.5, 0.6) is 0 Å². The zero-order valence-electron chi connectivity index (χ0n) is 10.9. The summed E-state index contributed by atoms with van der Waals surface area (Å²) in [6.07, 6.45) is 4.77. The molecule has 0 aromatic rings. The van der Waals surface area contributed by atoms with Gasteiger partial charge in [-0.1, -0.05) is 13.3 Å². The fourth-order valence-electron chi connectivity index (χ4n) is 2.34. The highest BCUT2D eigenvalue weighted by molar-refractivity contribution is 5.84. The smallest absolute Gasteiger partial charge is 0.241 e. The normalized spacial score (nSPS) is 29.1. The summed E-state index contributed by atoms with van der Waals surface area (Å²) < 4.78 is 5.59. The molecule has 2 unspecified atom stereocenters. The number of ether oxygens (including phenoxy) is 1. The Morgan fingerprint density at radius 1 is 1.47 bits per heavy atom. The molecule has 2 rings (SSSR count). The molecular formula is C13H24N2O2. The van der Waals surface area contributed by atoms with Gasteiger partial charge in [-0.3, -0.25) is 10.1 Å². The van der Waals surface area contributed by atoms with E-state index >= 15 is 0 Å². The van der Waals surface area contributed by atoms with Gasteiger partial charge in [0.05, 0.1) is 18.8 Å². The quantitative estimate of drug-likeness (QED) is 0.683. The zero-order valence-corrected chi connectivity index (χ0v) is 10.9. The highest BCUT2D eigenvalue weighted by Crippen LogP contribution is 2.28. The van der Waals surface area contributed by atoms with Gasteiger partial charge < -0.3 is 9.64 Å². The molecule has 98 valence electrons. The van der Waals surface area contributed by atoms with Crippen molar-refractivity contribution in [1.82, 2.24) is 10.2 Å². The highest BCUT2D eigenvalue weighted by Gasteiger charge is 2.35. The Labute approximate surface area is 104 Å². The SMILES string of the molecule is CCCC1NC(C)N(CCOCC2CC2)C1=O. The van der Waals surface area contributed by atoms with Gasteiger partial charge in [0.2, 0.25) is 5.91 Å². The van der Waals surface area contributed by atoms with E-state index in [1.54, 1.807) is 0 Å². The second-order valence-corrected chi connectivity index (χ2v) is 5.23. The summed E-state index contributed by atoms with van der Waals surface area (Å²) in [6.45, 7) is 6.44. The van der Waals surface area contributed by atoms with Crippen molar-refractivity contribution in [1.29, 1.82) is 0 Å². The van der Waals surface area contributed by atoms with Crippen molar-refractivity contribution in [2.75, 3.05) is 19.8 Å². The molecule has 0 spiro atoms. The number of carbonyl (C=O) groups excluding carboxylic acids is 1. The molecule has 0 radical (unpaired) electrons. The summed E-state index contributed by atoms with van der Waals surface area (Å²) in [7, 11) is 0. The molecule has 0 aromatic carbocycles. The molecule has 4 heteroatoms. The molecule has 2 fully saturated rings. The predicted molar refractivity (Wildman–Crippen MR) is 66.5 cm³/mol. The summed E-state index contributed by atoms with van der Waals surface area (Å²) in [4.78, 5) is 14.0. The third-order valence-corrected chi connectivity index (χ3v) is 3.60. The first-order chi connectivity index (χ1) is 8.22. The highest BCUT2D eigenvalue weighted by atomic mass is 16.5. The number of rotatable bonds is 7. The summed E-state index contributed by atoms with van der Waals surface area (Å²) in [6, 6.07) is 0.0263. The van der Waals surface area contributed by atoms with Crippen LogP contribution in [-0.4, -0.2) is 42.8 Å². The molecule has 2 aliphatic rings. The minimum absolute atomic E-state index is 0.0263. The van der Waals surface area contributed by atoms with E-state index in [2.05, 4.69) is 19.2 Å². The third-order valence-electron chi connectivity index (χ3n) is 3.60. The van der Waals surface area contributed by atoms with Gasteiger partial charge in [-0.15, -0.1) is 0 Å². The van der Waals surface area contributed by atoms with Crippen LogP contribution in [0.1, 0.15) is 39.5 Å². The summed E-state index contributed by atoms with van der Waals surface area (Å²) >= 11 is 0. The van der Waals surface area contributed by atoms with Crippen LogP contribution in [-0.2, 0) is 9.53 Å². The van der Waals surface area contributed by atoms with Crippen LogP contribution in [0.25, 0.3) is 0 Å². The summed E-state index contributed by atoms with van der Waals surface area (Å²) in [5.74, 6) is 1.04. The monoisotopic (exact) mass is 240 g/mol. The van der Waals surface area contributed by atoms with Crippen LogP contribution < -0.4 is 5.32 Å². The average molecular weight is 240 g/mol. The lowest BCUT2D eigenvalue weighted by atomic mass is 10.2. The second kappa shape index (κ2) is 5.83. The Kier molecular flexibility index (Phi) is 4.40. The van der Waals surface area contributed by atoms with Crippen molar-refractivity contribution in [2.45, 2.75) is 51.7 Å². The molecule has 2 atom stereocenters. The number of amides is 1. The van der Waals surface area contributed by atoms with Gasteiger partial charge in [-0.2, -0.15) is 0 Å². The first kappa shape index (κ1) is 12.8. The lowest BCUT2D eigenvalue weighted by molar-refractivity contribution is -0.130. The van der Waals surface area contributed by atoms with Crippen molar-refractivity contribution >= 4 is 5.91 Å². The lowest BCUT2D eigenvalue weighted by Crippen LogP contribution is -2.37. The Bertz CT molecular complexity index is 266. The summed E-state index contributed by atoms with van der Waals surface area (Å²) in [5.41, 5.74) is 0. The number of hydrogen-bond donors (Lipinski definition) is 1. The largest absolute Gasteiger partial charge is 0.379 e. The van der Waals surface area contributed by atoms with E-state index < -0.39 is 0 Å². The number of nitrogens with zero attached hydrogens (tertiary/aromatic N) is 1. The molecule has 1 aliphatic heterocycles. The van der Waals surface area contributed by atoms with Gasteiger partial charge in [0.25, 0.3) is 0 Å². The fraction of sp³-hybridized carbons (Fsp3) is 0.923. The van der Waals surface area contributed by atoms with E-state index in [-0.39, 0.29) is 18.1 Å². The van der Waals surface area contributed by atoms with Crippen molar-refractivity contribution in [2.24, 2.45) is 5.92 Å². The first-order valence-electron chi connectivity index (χ1n) is 6.86. The minimum atomic E-state index is 0.0263. The predicted octanol–water partition coefficient (Wildman–Crippen LogP) is 1.36. The minimum Gasteiger partial charge on any atom is -0.379 e. The van der Waals surface area contributed by atoms with Crippen LogP contribution in [0.15, 0.2) is 0 Å². The van der Waals surface area contributed by atoms with Crippen LogP contribution in [0.3, 0.4) is 0 Å². The topological polar surface area (TPSA) is 41.6 Å². The average Bonchev–Trinajstić information content (AvgIpc) is 3.07. The zero-order chi connectivity index (χ0) is 12.3. The summed E-state index contributed by atoms with van der Waals surface area (Å²) in [5, 5.41) is 3.34. The molecule has 1 saturated heterocycles. The Hall–Kier alpha value is -0.610. The fourth-order valence-corrected chi connectivity index (χ4v) is 2.34. The van der Waals surface area contributed by atoms with Crippen LogP contribution >= 0.6 is 0 Å². The van der Waals surface area contributed by atoms with Gasteiger partial charge in [0.15, 0.2) is 0 Å². The molecule has 4 nitrogen and oxygen atoms in total. The van der Waals surface area contributed by atoms with E-state index in [1.807, 2.05) is 4.90 Å². The molecule has 1 heterocycles. The molecule has 17 heavy (non-hydrogen) atoms. The standard InChI is InChI=1S/C13H24N2O2/c1-3-4-12-13(16)15(10(2)14-12)7-8-17-9-11-5-6-11/h10-12,14H,3-9H2,1-2H3. The molecule has 1 saturated carbocycles. The van der Waals surface area contributed by atoms with Crippen LogP contribution in [0, 0.1) is 5.92 Å². The maximum absolute atomic E-state index is 12.1. The molecule has 0 bridgehead atoms. The van der Waals surface area contributed by atoms with Gasteiger partial charge in [0.1, 0.15) is 0 Å². The van der Waals surface area contributed by atoms with Crippen molar-refractivity contribution < 1.29 is 9.53 Å². The second-order valence-electron chi connectivity index (χ2n) is 5.23. The Balaban J connectivity index is 1.69. The van der Waals surface area contributed by atoms with Crippen LogP contribution in [0.4, 0.5) is 0 Å². The molecule has 1 amide bonds. The van der Waals surface area contributed by atoms with Gasteiger partial charge in [0, 0.05) is 13.2 Å². The Morgan fingerprint density at radius 2 is 2.24 bits per heavy atom. The van der Waals surface area contributed by atoms with E-state index in [1.165, 1.54) is 12.8 Å². The van der Waals surface area contributed by atoms with Crippen molar-refractivity contribution in [3.05, 3.63) is 0 Å². The van der Waals surface area contributed by atoms with Gasteiger partial charge in [-0.05, 0) is 32.1 Å². The van der Waals surface area contributed by atoms with E-state index in [9.17, 15) is 4.79 Å². The van der Waals surface area contributed by atoms with Gasteiger partial charge in [-0.25, -0.2) is 0 Å². The Morgan fingerprint density at radius 3 is 2.88 bits per heavy atom. The first-order valence-corrected chi connectivity index (χ1v) is 6.86. The number of hydrogen-bond acceptors (Lipinski definition) is 3. The van der Waals surface area contributed by atoms with E-state index in [4.69, 9.17) is 4.74 Å². The van der Waals surface area contributed by atoms with E-state index in [0.717, 1.165) is 31.9 Å².